The van der Waals surface area contributed by atoms with Gasteiger partial charge in [-0.2, -0.15) is 0 Å². The molecule has 2 aliphatic rings. The standard InChI is InChI=1S/C23H32NO/c1-10-24-19-12-20-18(11-17(19)14(2)13-23(24,8)9)15(3)16(4)21(25-20)22(5,6)7/h11-13H,10H2,1-9H3/q+1. The highest BCUT2D eigenvalue weighted by Gasteiger charge is 2.34. The Morgan fingerprint density at radius 3 is 2.24 bits per heavy atom. The summed E-state index contributed by atoms with van der Waals surface area (Å²) >= 11 is 0. The summed E-state index contributed by atoms with van der Waals surface area (Å²) in [6, 6.07) is 4.58. The van der Waals surface area contributed by atoms with Gasteiger partial charge in [-0.1, -0.05) is 20.8 Å². The van der Waals surface area contributed by atoms with Crippen molar-refractivity contribution >= 4 is 11.1 Å². The van der Waals surface area contributed by atoms with E-state index in [0.717, 1.165) is 18.1 Å². The van der Waals surface area contributed by atoms with E-state index < -0.39 is 0 Å². The van der Waals surface area contributed by atoms with Gasteiger partial charge in [0.15, 0.2) is 5.54 Å². The maximum absolute atomic E-state index is 6.45. The Morgan fingerprint density at radius 2 is 1.68 bits per heavy atom. The molecule has 1 aromatic rings. The first-order chi connectivity index (χ1) is 11.5. The summed E-state index contributed by atoms with van der Waals surface area (Å²) in [4.78, 5) is 0. The molecule has 0 bridgehead atoms. The molecule has 0 atom stereocenters. The number of benzene rings is 1. The quantitative estimate of drug-likeness (QED) is 0.696. The topological polar surface area (TPSA) is 12.2 Å². The number of ether oxygens (including phenoxy) is 1. The zero-order valence-corrected chi connectivity index (χ0v) is 17.3. The molecule has 0 saturated carbocycles. The number of nitrogens with zero attached hydrogens (tertiary/aromatic N) is 1. The molecule has 0 N–H and O–H groups in total. The molecule has 0 aliphatic carbocycles. The predicted octanol–water partition coefficient (Wildman–Crippen LogP) is 4.28. The van der Waals surface area contributed by atoms with Crippen LogP contribution >= 0.6 is 0 Å². The molecule has 134 valence electrons. The van der Waals surface area contributed by atoms with Crippen LogP contribution in [-0.2, 0) is 0 Å². The highest BCUT2D eigenvalue weighted by atomic mass is 16.5. The number of likely N-dealkylation sites (N-methyl/N-ethyl adjacent to an activating group) is 1. The number of rotatable bonds is 1. The minimum Gasteiger partial charge on any atom is -0.460 e. The summed E-state index contributed by atoms with van der Waals surface area (Å²) < 4.78 is 8.92. The highest BCUT2D eigenvalue weighted by Crippen LogP contribution is 2.35. The Kier molecular flexibility index (Phi) is 4.02. The third kappa shape index (κ3) is 2.76. The SMILES string of the molecule is CC[N+]1=c2cc3c(cc2C(C)=CC1(C)C)=C(C)C(C)=C(C(C)(C)C)O3. The van der Waals surface area contributed by atoms with E-state index in [1.165, 1.54) is 32.9 Å². The van der Waals surface area contributed by atoms with Gasteiger partial charge in [-0.25, -0.2) is 4.58 Å². The van der Waals surface area contributed by atoms with Crippen molar-refractivity contribution in [1.29, 1.82) is 0 Å². The van der Waals surface area contributed by atoms with E-state index in [4.69, 9.17) is 4.74 Å². The van der Waals surface area contributed by atoms with Crippen LogP contribution in [0.1, 0.15) is 67.9 Å². The molecule has 0 aromatic heterocycles. The van der Waals surface area contributed by atoms with Crippen LogP contribution in [0.3, 0.4) is 0 Å². The Labute approximate surface area is 152 Å². The lowest BCUT2D eigenvalue weighted by atomic mass is 9.86. The molecule has 0 radical (unpaired) electrons. The molecule has 2 heterocycles. The third-order valence-electron chi connectivity index (χ3n) is 5.60. The van der Waals surface area contributed by atoms with E-state index >= 15 is 0 Å². The van der Waals surface area contributed by atoms with Crippen LogP contribution in [0.5, 0.6) is 5.75 Å². The lowest BCUT2D eigenvalue weighted by Crippen LogP contribution is -2.49. The predicted molar refractivity (Wildman–Crippen MR) is 107 cm³/mol. The van der Waals surface area contributed by atoms with Gasteiger partial charge in [0, 0.05) is 30.0 Å². The average Bonchev–Trinajstić information content (AvgIpc) is 2.48. The van der Waals surface area contributed by atoms with Crippen LogP contribution in [0.4, 0.5) is 0 Å². The van der Waals surface area contributed by atoms with Crippen LogP contribution in [-0.4, -0.2) is 12.1 Å². The lowest BCUT2D eigenvalue weighted by molar-refractivity contribution is 0.284. The van der Waals surface area contributed by atoms with Crippen LogP contribution in [0.2, 0.25) is 0 Å². The first kappa shape index (κ1) is 18.0. The van der Waals surface area contributed by atoms with Crippen molar-refractivity contribution in [3.8, 4) is 5.75 Å². The fraction of sp³-hybridized carbons (Fsp3) is 0.522. The number of hydrogen-bond acceptors (Lipinski definition) is 1. The number of hydrogen-bond donors (Lipinski definition) is 0. The van der Waals surface area contributed by atoms with Gasteiger partial charge in [0.05, 0.1) is 6.07 Å². The molecule has 3 rings (SSSR count). The molecular weight excluding hydrogens is 306 g/mol. The number of allylic oxidation sites excluding steroid dienone is 3. The maximum Gasteiger partial charge on any atom is 0.211 e. The molecule has 0 amide bonds. The minimum absolute atomic E-state index is 0.00152. The van der Waals surface area contributed by atoms with Gasteiger partial charge in [-0.15, -0.1) is 0 Å². The summed E-state index contributed by atoms with van der Waals surface area (Å²) in [5, 5.41) is 2.51. The zero-order chi connectivity index (χ0) is 18.7. The molecule has 25 heavy (non-hydrogen) atoms. The molecule has 1 aromatic carbocycles. The van der Waals surface area contributed by atoms with Crippen molar-refractivity contribution < 1.29 is 4.74 Å². The molecule has 0 saturated heterocycles. The van der Waals surface area contributed by atoms with Crippen molar-refractivity contribution in [2.75, 3.05) is 6.54 Å². The van der Waals surface area contributed by atoms with Crippen molar-refractivity contribution in [2.24, 2.45) is 5.41 Å². The molecule has 0 fully saturated rings. The Morgan fingerprint density at radius 1 is 1.04 bits per heavy atom. The second kappa shape index (κ2) is 5.59. The monoisotopic (exact) mass is 338 g/mol. The second-order valence-corrected chi connectivity index (χ2v) is 9.02. The Bertz CT molecular complexity index is 934. The molecule has 0 spiro atoms. The van der Waals surface area contributed by atoms with Crippen molar-refractivity contribution in [3.05, 3.63) is 45.7 Å². The zero-order valence-electron chi connectivity index (χ0n) is 17.3. The van der Waals surface area contributed by atoms with E-state index in [0.29, 0.717) is 0 Å². The fourth-order valence-electron chi connectivity index (χ4n) is 4.33. The smallest absolute Gasteiger partial charge is 0.211 e. The summed E-state index contributed by atoms with van der Waals surface area (Å²) in [7, 11) is 0. The minimum atomic E-state index is -0.00152. The van der Waals surface area contributed by atoms with Crippen LogP contribution < -0.4 is 19.9 Å². The average molecular weight is 339 g/mol. The van der Waals surface area contributed by atoms with Gasteiger partial charge in [-0.3, -0.25) is 0 Å². The van der Waals surface area contributed by atoms with Gasteiger partial charge >= 0.3 is 0 Å². The first-order valence-electron chi connectivity index (χ1n) is 9.36. The summed E-state index contributed by atoms with van der Waals surface area (Å²) in [5.74, 6) is 2.08. The van der Waals surface area contributed by atoms with Gasteiger partial charge in [0.25, 0.3) is 0 Å². The third-order valence-corrected chi connectivity index (χ3v) is 5.60. The van der Waals surface area contributed by atoms with E-state index in [9.17, 15) is 0 Å². The van der Waals surface area contributed by atoms with Crippen molar-refractivity contribution in [3.63, 3.8) is 0 Å². The van der Waals surface area contributed by atoms with Gasteiger partial charge in [0.1, 0.15) is 18.1 Å². The largest absolute Gasteiger partial charge is 0.460 e. The second-order valence-electron chi connectivity index (χ2n) is 9.02. The van der Waals surface area contributed by atoms with Crippen LogP contribution in [0, 0.1) is 5.41 Å². The van der Waals surface area contributed by atoms with Gasteiger partial charge < -0.3 is 4.74 Å². The first-order valence-corrected chi connectivity index (χ1v) is 9.36. The summed E-state index contributed by atoms with van der Waals surface area (Å²) in [6.45, 7) is 21.1. The van der Waals surface area contributed by atoms with E-state index in [1.54, 1.807) is 0 Å². The number of fused-ring (bicyclic) bond motifs is 2. The maximum atomic E-state index is 6.45. The summed E-state index contributed by atoms with van der Waals surface area (Å²) in [5.41, 5.74) is 5.29. The fourth-order valence-corrected chi connectivity index (χ4v) is 4.33. The lowest BCUT2D eigenvalue weighted by Gasteiger charge is -2.30. The van der Waals surface area contributed by atoms with Crippen LogP contribution in [0.25, 0.3) is 11.1 Å². The van der Waals surface area contributed by atoms with Crippen molar-refractivity contribution in [2.45, 2.75) is 67.9 Å². The molecular formula is C23H32NO+. The molecule has 0 unspecified atom stereocenters. The molecule has 2 heteroatoms. The van der Waals surface area contributed by atoms with E-state index in [2.05, 4.69) is 85.1 Å². The van der Waals surface area contributed by atoms with Gasteiger partial charge in [0.2, 0.25) is 5.36 Å². The Balaban J connectivity index is 2.40. The normalized spacial score (nSPS) is 19.3. The highest BCUT2D eigenvalue weighted by molar-refractivity contribution is 5.72. The molecule has 2 nitrogen and oxygen atoms in total. The molecule has 2 aliphatic heterocycles. The van der Waals surface area contributed by atoms with Crippen LogP contribution in [0.15, 0.2) is 29.5 Å². The van der Waals surface area contributed by atoms with E-state index in [-0.39, 0.29) is 11.0 Å². The van der Waals surface area contributed by atoms with E-state index in [1.807, 2.05) is 0 Å². The van der Waals surface area contributed by atoms with Crippen molar-refractivity contribution in [1.82, 2.24) is 4.58 Å². The Hall–Kier alpha value is -1.83. The summed E-state index contributed by atoms with van der Waals surface area (Å²) in [6.07, 6.45) is 2.38. The van der Waals surface area contributed by atoms with Gasteiger partial charge in [-0.05, 0) is 56.6 Å².